The van der Waals surface area contributed by atoms with Crippen LogP contribution in [-0.2, 0) is 28.2 Å². The fourth-order valence-electron chi connectivity index (χ4n) is 5.19. The van der Waals surface area contributed by atoms with Crippen molar-refractivity contribution < 1.29 is 28.2 Å². The van der Waals surface area contributed by atoms with Gasteiger partial charge in [0.25, 0.3) is 0 Å². The first kappa shape index (κ1) is 32.7. The van der Waals surface area contributed by atoms with Gasteiger partial charge < -0.3 is 9.05 Å². The molecule has 2 heterocycles. The van der Waals surface area contributed by atoms with Crippen molar-refractivity contribution in [2.24, 2.45) is 17.3 Å². The Bertz CT molecular complexity index is 649. The van der Waals surface area contributed by atoms with Crippen molar-refractivity contribution in [3.63, 3.8) is 0 Å². The fraction of sp³-hybridized carbons (Fsp3) is 0.862. The minimum atomic E-state index is -1.77. The van der Waals surface area contributed by atoms with Gasteiger partial charge in [0.1, 0.15) is 0 Å². The molecule has 0 amide bonds. The largest absolute Gasteiger partial charge is 0.345 e. The van der Waals surface area contributed by atoms with E-state index in [2.05, 4.69) is 27.7 Å². The summed E-state index contributed by atoms with van der Waals surface area (Å²) in [5.74, 6) is 1.48. The molecule has 2 aliphatic heterocycles. The number of hydrogen-bond acceptors (Lipinski definition) is 6. The highest BCUT2D eigenvalue weighted by Crippen LogP contribution is 2.60. The summed E-state index contributed by atoms with van der Waals surface area (Å²) in [7, 11) is -3.54. The second-order valence-electron chi connectivity index (χ2n) is 11.9. The lowest BCUT2D eigenvalue weighted by atomic mass is 9.76. The highest BCUT2D eigenvalue weighted by atomic mass is 31.1. The van der Waals surface area contributed by atoms with Crippen LogP contribution >= 0.6 is 16.3 Å². The van der Waals surface area contributed by atoms with Gasteiger partial charge in [0.05, 0.1) is 13.2 Å². The Hall–Kier alpha value is -0.540. The molecule has 0 atom stereocenters. The summed E-state index contributed by atoms with van der Waals surface area (Å²) < 4.78 is 11.5. The third-order valence-corrected chi connectivity index (χ3v) is 10.6. The van der Waals surface area contributed by atoms with Crippen LogP contribution in [0.3, 0.4) is 0 Å². The molecule has 2 saturated heterocycles. The Balaban J connectivity index is 1.67. The normalized spacial score (nSPS) is 24.7. The zero-order chi connectivity index (χ0) is 27.3. The van der Waals surface area contributed by atoms with Crippen LogP contribution in [-0.4, -0.2) is 35.3 Å². The molecule has 2 fully saturated rings. The van der Waals surface area contributed by atoms with Gasteiger partial charge in [-0.2, -0.15) is 0 Å². The maximum absolute atomic E-state index is 12.8. The summed E-state index contributed by atoms with van der Waals surface area (Å²) in [4.78, 5) is 51.3. The maximum atomic E-state index is 12.8. The fourth-order valence-corrected chi connectivity index (χ4v) is 8.86. The van der Waals surface area contributed by atoms with Gasteiger partial charge in [-0.1, -0.05) is 91.9 Å². The average molecular weight is 557 g/mol. The van der Waals surface area contributed by atoms with E-state index < -0.39 is 21.7 Å². The third-order valence-electron chi connectivity index (χ3n) is 7.30. The van der Waals surface area contributed by atoms with E-state index in [9.17, 15) is 19.2 Å². The first-order chi connectivity index (χ1) is 17.6. The predicted octanol–water partition coefficient (Wildman–Crippen LogP) is 8.49. The SMILES string of the molecule is CC(C)CCCCCCCOP1C(=O)CC2(CC1=O)CC(=O)P(OCCCCCCCC(C)C)C(=O)C2. The summed E-state index contributed by atoms with van der Waals surface area (Å²) in [5, 5.41) is 0. The van der Waals surface area contributed by atoms with Gasteiger partial charge in [0.15, 0.2) is 38.4 Å². The lowest BCUT2D eigenvalue weighted by Gasteiger charge is -2.40. The molecule has 212 valence electrons. The van der Waals surface area contributed by atoms with Gasteiger partial charge in [-0.05, 0) is 30.1 Å². The molecule has 0 aromatic carbocycles. The number of unbranched alkanes of at least 4 members (excludes halogenated alkanes) is 8. The summed E-state index contributed by atoms with van der Waals surface area (Å²) in [6.45, 7) is 9.81. The monoisotopic (exact) mass is 556 g/mol. The number of hydrogen-bond donors (Lipinski definition) is 0. The van der Waals surface area contributed by atoms with Gasteiger partial charge in [-0.15, -0.1) is 0 Å². The van der Waals surface area contributed by atoms with Gasteiger partial charge >= 0.3 is 0 Å². The summed E-state index contributed by atoms with van der Waals surface area (Å²) in [6, 6.07) is 0. The Kier molecular flexibility index (Phi) is 15.2. The van der Waals surface area contributed by atoms with E-state index >= 15 is 0 Å². The summed E-state index contributed by atoms with van der Waals surface area (Å²) in [6.07, 6.45) is 13.9. The molecule has 0 N–H and O–H groups in total. The molecule has 0 unspecified atom stereocenters. The van der Waals surface area contributed by atoms with Crippen molar-refractivity contribution in [1.82, 2.24) is 0 Å². The number of rotatable bonds is 18. The summed E-state index contributed by atoms with van der Waals surface area (Å²) >= 11 is 0. The quantitative estimate of drug-likeness (QED) is 0.124. The molecule has 0 aromatic rings. The average Bonchev–Trinajstić information content (AvgIpc) is 2.79. The van der Waals surface area contributed by atoms with Crippen molar-refractivity contribution in [2.75, 3.05) is 13.2 Å². The molecule has 0 saturated carbocycles. The second-order valence-corrected chi connectivity index (χ2v) is 15.6. The molecule has 37 heavy (non-hydrogen) atoms. The Morgan fingerprint density at radius 2 is 0.838 bits per heavy atom. The highest BCUT2D eigenvalue weighted by molar-refractivity contribution is 7.86. The van der Waals surface area contributed by atoms with E-state index in [1.165, 1.54) is 38.5 Å². The van der Waals surface area contributed by atoms with Crippen LogP contribution in [0.2, 0.25) is 0 Å². The van der Waals surface area contributed by atoms with Crippen LogP contribution in [0.25, 0.3) is 0 Å². The van der Waals surface area contributed by atoms with Gasteiger partial charge in [-0.25, -0.2) is 0 Å². The first-order valence-corrected chi connectivity index (χ1v) is 17.1. The minimum absolute atomic E-state index is 0.0939. The van der Waals surface area contributed by atoms with Crippen molar-refractivity contribution in [1.29, 1.82) is 0 Å². The predicted molar refractivity (Wildman–Crippen MR) is 152 cm³/mol. The van der Waals surface area contributed by atoms with Crippen molar-refractivity contribution in [3.05, 3.63) is 0 Å². The van der Waals surface area contributed by atoms with Gasteiger partial charge in [-0.3, -0.25) is 19.2 Å². The van der Waals surface area contributed by atoms with E-state index in [-0.39, 0.29) is 47.8 Å². The van der Waals surface area contributed by atoms with Crippen molar-refractivity contribution >= 4 is 38.4 Å². The zero-order valence-corrected chi connectivity index (χ0v) is 25.5. The van der Waals surface area contributed by atoms with E-state index in [1.54, 1.807) is 0 Å². The van der Waals surface area contributed by atoms with E-state index in [0.717, 1.165) is 50.4 Å². The molecule has 2 rings (SSSR count). The molecule has 1 spiro atoms. The zero-order valence-electron chi connectivity index (χ0n) is 23.7. The molecule has 0 aliphatic carbocycles. The number of carbonyl (C=O) groups is 4. The highest BCUT2D eigenvalue weighted by Gasteiger charge is 2.53. The molecular formula is C29H50O6P2. The lowest BCUT2D eigenvalue weighted by molar-refractivity contribution is -0.127. The molecule has 0 aromatic heterocycles. The molecule has 0 bridgehead atoms. The Morgan fingerprint density at radius 3 is 1.16 bits per heavy atom. The van der Waals surface area contributed by atoms with E-state index in [0.29, 0.717) is 13.2 Å². The first-order valence-electron chi connectivity index (χ1n) is 14.6. The second kappa shape index (κ2) is 17.2. The third kappa shape index (κ3) is 12.0. The number of carbonyl (C=O) groups excluding carboxylic acids is 4. The standard InChI is InChI=1S/C29H50O6P2/c1-23(2)15-11-7-5-9-13-17-34-36-25(30)19-29(20-26(36)31)21-27(32)37(28(33)22-29)35-18-14-10-6-8-12-16-24(3)4/h23-24H,5-22H2,1-4H3. The van der Waals surface area contributed by atoms with Crippen LogP contribution in [0.4, 0.5) is 0 Å². The maximum Gasteiger partial charge on any atom is 0.189 e. The molecule has 8 heteroatoms. The molecule has 6 nitrogen and oxygen atoms in total. The molecular weight excluding hydrogens is 506 g/mol. The van der Waals surface area contributed by atoms with Crippen LogP contribution in [0.5, 0.6) is 0 Å². The van der Waals surface area contributed by atoms with Crippen molar-refractivity contribution in [2.45, 2.75) is 130 Å². The van der Waals surface area contributed by atoms with Crippen LogP contribution < -0.4 is 0 Å². The lowest BCUT2D eigenvalue weighted by Crippen LogP contribution is -2.39. The molecule has 2 aliphatic rings. The Labute approximate surface area is 227 Å². The van der Waals surface area contributed by atoms with E-state index in [4.69, 9.17) is 9.05 Å². The smallest absolute Gasteiger partial charge is 0.189 e. The Morgan fingerprint density at radius 1 is 0.541 bits per heavy atom. The molecule has 0 radical (unpaired) electrons. The van der Waals surface area contributed by atoms with Crippen LogP contribution in [0, 0.1) is 17.3 Å². The topological polar surface area (TPSA) is 86.7 Å². The van der Waals surface area contributed by atoms with Gasteiger partial charge in [0.2, 0.25) is 0 Å². The summed E-state index contributed by atoms with van der Waals surface area (Å²) in [5.41, 5.74) is -1.71. The van der Waals surface area contributed by atoms with Gasteiger partial charge in [0, 0.05) is 25.7 Å². The minimum Gasteiger partial charge on any atom is -0.345 e. The van der Waals surface area contributed by atoms with Crippen molar-refractivity contribution in [3.8, 4) is 0 Å². The van der Waals surface area contributed by atoms with Crippen LogP contribution in [0.1, 0.15) is 130 Å². The van der Waals surface area contributed by atoms with Crippen LogP contribution in [0.15, 0.2) is 0 Å². The van der Waals surface area contributed by atoms with E-state index in [1.807, 2.05) is 0 Å².